The van der Waals surface area contributed by atoms with Crippen LogP contribution < -0.4 is 10.5 Å². The monoisotopic (exact) mass is 277 g/mol. The van der Waals surface area contributed by atoms with Crippen molar-refractivity contribution in [3.05, 3.63) is 29.6 Å². The molecule has 1 fully saturated rings. The molecule has 3 rings (SSSR count). The van der Waals surface area contributed by atoms with Crippen LogP contribution in [0.3, 0.4) is 0 Å². The van der Waals surface area contributed by atoms with Gasteiger partial charge in [-0.25, -0.2) is 4.39 Å². The number of nitrogens with two attached hydrogens (primary N) is 1. The number of hydrogen-bond acceptors (Lipinski definition) is 2. The third-order valence-electron chi connectivity index (χ3n) is 5.00. The fourth-order valence-corrected chi connectivity index (χ4v) is 3.89. The molecular formula is C17H24FNO. The molecule has 1 saturated carbocycles. The highest BCUT2D eigenvalue weighted by atomic mass is 19.1. The van der Waals surface area contributed by atoms with Crippen molar-refractivity contribution in [3.63, 3.8) is 0 Å². The van der Waals surface area contributed by atoms with Gasteiger partial charge in [-0.05, 0) is 49.8 Å². The first kappa shape index (κ1) is 13.9. The zero-order valence-corrected chi connectivity index (χ0v) is 12.2. The Morgan fingerprint density at radius 1 is 1.35 bits per heavy atom. The van der Waals surface area contributed by atoms with Gasteiger partial charge in [-0.15, -0.1) is 0 Å². The Balaban J connectivity index is 1.76. The van der Waals surface area contributed by atoms with E-state index in [2.05, 4.69) is 6.92 Å². The molecule has 1 heterocycles. The summed E-state index contributed by atoms with van der Waals surface area (Å²) in [5, 5.41) is 0. The number of hydrogen-bond donors (Lipinski definition) is 1. The van der Waals surface area contributed by atoms with Crippen LogP contribution in [0, 0.1) is 11.7 Å². The maximum atomic E-state index is 13.3. The van der Waals surface area contributed by atoms with E-state index in [1.54, 1.807) is 6.07 Å². The second kappa shape index (κ2) is 5.36. The van der Waals surface area contributed by atoms with Gasteiger partial charge in [0.05, 0.1) is 0 Å². The minimum absolute atomic E-state index is 0.0998. The fraction of sp³-hybridized carbons (Fsp3) is 0.647. The Morgan fingerprint density at radius 2 is 2.10 bits per heavy atom. The average molecular weight is 277 g/mol. The standard InChI is InChI=1S/C17H24FNO/c1-2-3-12-6-8-17(9-7-12)11-15(19)14-10-13(18)4-5-16(14)20-17/h4-5,10,12,15H,2-3,6-9,11,19H2,1H3. The van der Waals surface area contributed by atoms with Crippen LogP contribution in [0.4, 0.5) is 4.39 Å². The summed E-state index contributed by atoms with van der Waals surface area (Å²) < 4.78 is 19.6. The largest absolute Gasteiger partial charge is 0.487 e. The van der Waals surface area contributed by atoms with Crippen LogP contribution in [-0.4, -0.2) is 5.60 Å². The zero-order valence-electron chi connectivity index (χ0n) is 12.2. The molecule has 0 radical (unpaired) electrons. The van der Waals surface area contributed by atoms with Crippen molar-refractivity contribution >= 4 is 0 Å². The first-order valence-electron chi connectivity index (χ1n) is 7.86. The van der Waals surface area contributed by atoms with E-state index in [-0.39, 0.29) is 17.5 Å². The van der Waals surface area contributed by atoms with Gasteiger partial charge in [-0.3, -0.25) is 0 Å². The number of fused-ring (bicyclic) bond motifs is 1. The molecule has 3 heteroatoms. The average Bonchev–Trinajstić information content (AvgIpc) is 2.43. The number of benzene rings is 1. The lowest BCUT2D eigenvalue weighted by molar-refractivity contribution is -0.0117. The van der Waals surface area contributed by atoms with Gasteiger partial charge < -0.3 is 10.5 Å². The third-order valence-corrected chi connectivity index (χ3v) is 5.00. The molecule has 2 aliphatic rings. The molecule has 0 amide bonds. The second-order valence-electron chi connectivity index (χ2n) is 6.51. The highest BCUT2D eigenvalue weighted by molar-refractivity contribution is 5.39. The van der Waals surface area contributed by atoms with Gasteiger partial charge >= 0.3 is 0 Å². The van der Waals surface area contributed by atoms with Crippen molar-refractivity contribution in [1.82, 2.24) is 0 Å². The van der Waals surface area contributed by atoms with Gasteiger partial charge in [-0.2, -0.15) is 0 Å². The summed E-state index contributed by atoms with van der Waals surface area (Å²) in [6, 6.07) is 4.63. The molecule has 20 heavy (non-hydrogen) atoms. The van der Waals surface area contributed by atoms with Gasteiger partial charge in [0.15, 0.2) is 0 Å². The minimum Gasteiger partial charge on any atom is -0.487 e. The van der Waals surface area contributed by atoms with Gasteiger partial charge in [-0.1, -0.05) is 19.8 Å². The van der Waals surface area contributed by atoms with Gasteiger partial charge in [0.1, 0.15) is 17.2 Å². The number of ether oxygens (including phenoxy) is 1. The Hall–Kier alpha value is -1.09. The molecule has 110 valence electrons. The molecule has 0 bridgehead atoms. The van der Waals surface area contributed by atoms with Crippen molar-refractivity contribution in [2.24, 2.45) is 11.7 Å². The minimum atomic E-state index is -0.231. The lowest BCUT2D eigenvalue weighted by atomic mass is 9.72. The van der Waals surface area contributed by atoms with E-state index < -0.39 is 0 Å². The lowest BCUT2D eigenvalue weighted by Crippen LogP contribution is -2.45. The Morgan fingerprint density at radius 3 is 2.80 bits per heavy atom. The maximum absolute atomic E-state index is 13.3. The normalized spacial score (nSPS) is 32.8. The number of rotatable bonds is 2. The van der Waals surface area contributed by atoms with E-state index in [1.807, 2.05) is 0 Å². The SMILES string of the molecule is CCCC1CCC2(CC1)CC(N)c1cc(F)ccc1O2. The van der Waals surface area contributed by atoms with Crippen molar-refractivity contribution in [1.29, 1.82) is 0 Å². The predicted molar refractivity (Wildman–Crippen MR) is 78.2 cm³/mol. The summed E-state index contributed by atoms with van der Waals surface area (Å²) in [6.45, 7) is 2.25. The topological polar surface area (TPSA) is 35.2 Å². The molecule has 2 nitrogen and oxygen atoms in total. The molecule has 1 aliphatic carbocycles. The highest BCUT2D eigenvalue weighted by Crippen LogP contribution is 2.47. The molecule has 1 aromatic carbocycles. The Labute approximate surface area is 120 Å². The molecule has 1 aromatic rings. The van der Waals surface area contributed by atoms with Gasteiger partial charge in [0.25, 0.3) is 0 Å². The van der Waals surface area contributed by atoms with Crippen molar-refractivity contribution in [2.45, 2.75) is 63.5 Å². The van der Waals surface area contributed by atoms with E-state index in [0.717, 1.165) is 36.5 Å². The third kappa shape index (κ3) is 2.56. The summed E-state index contributed by atoms with van der Waals surface area (Å²) in [5.41, 5.74) is 6.99. The van der Waals surface area contributed by atoms with Crippen LogP contribution in [-0.2, 0) is 0 Å². The molecule has 2 N–H and O–H groups in total. The van der Waals surface area contributed by atoms with E-state index >= 15 is 0 Å². The van der Waals surface area contributed by atoms with E-state index in [4.69, 9.17) is 10.5 Å². The van der Waals surface area contributed by atoms with E-state index in [9.17, 15) is 4.39 Å². The zero-order chi connectivity index (χ0) is 14.2. The van der Waals surface area contributed by atoms with Gasteiger partial charge in [0, 0.05) is 18.0 Å². The summed E-state index contributed by atoms with van der Waals surface area (Å²) in [5.74, 6) is 1.41. The molecule has 1 aliphatic heterocycles. The summed E-state index contributed by atoms with van der Waals surface area (Å²) >= 11 is 0. The van der Waals surface area contributed by atoms with Crippen LogP contribution >= 0.6 is 0 Å². The fourth-order valence-electron chi connectivity index (χ4n) is 3.89. The molecule has 1 atom stereocenters. The van der Waals surface area contributed by atoms with Crippen molar-refractivity contribution in [2.75, 3.05) is 0 Å². The van der Waals surface area contributed by atoms with E-state index in [0.29, 0.717) is 0 Å². The summed E-state index contributed by atoms with van der Waals surface area (Å²) in [4.78, 5) is 0. The summed E-state index contributed by atoms with van der Waals surface area (Å²) in [7, 11) is 0. The smallest absolute Gasteiger partial charge is 0.125 e. The van der Waals surface area contributed by atoms with Crippen molar-refractivity contribution < 1.29 is 9.13 Å². The summed E-state index contributed by atoms with van der Waals surface area (Å²) in [6.07, 6.45) is 8.05. The van der Waals surface area contributed by atoms with E-state index in [1.165, 1.54) is 37.8 Å². The van der Waals surface area contributed by atoms with Crippen LogP contribution in [0.15, 0.2) is 18.2 Å². The Bertz CT molecular complexity index is 480. The maximum Gasteiger partial charge on any atom is 0.125 e. The van der Waals surface area contributed by atoms with Gasteiger partial charge in [0.2, 0.25) is 0 Å². The second-order valence-corrected chi connectivity index (χ2v) is 6.51. The molecule has 0 aromatic heterocycles. The van der Waals surface area contributed by atoms with Crippen LogP contribution in [0.1, 0.15) is 63.5 Å². The first-order chi connectivity index (χ1) is 9.62. The highest BCUT2D eigenvalue weighted by Gasteiger charge is 2.42. The quantitative estimate of drug-likeness (QED) is 0.873. The molecule has 1 unspecified atom stereocenters. The molecule has 0 saturated heterocycles. The molecule has 1 spiro atoms. The predicted octanol–water partition coefficient (Wildman–Crippen LogP) is 4.34. The Kier molecular flexibility index (Phi) is 3.72. The van der Waals surface area contributed by atoms with Crippen molar-refractivity contribution in [3.8, 4) is 5.75 Å². The van der Waals surface area contributed by atoms with Crippen LogP contribution in [0.2, 0.25) is 0 Å². The van der Waals surface area contributed by atoms with Crippen LogP contribution in [0.5, 0.6) is 5.75 Å². The lowest BCUT2D eigenvalue weighted by Gasteiger charge is -2.45. The molecular weight excluding hydrogens is 253 g/mol. The van der Waals surface area contributed by atoms with Crippen LogP contribution in [0.25, 0.3) is 0 Å². The number of halogens is 1. The first-order valence-corrected chi connectivity index (χ1v) is 7.86.